The van der Waals surface area contributed by atoms with Gasteiger partial charge in [-0.25, -0.2) is 0 Å². The fraction of sp³-hybridized carbons (Fsp3) is 1.00. The molecule has 0 aromatic heterocycles. The van der Waals surface area contributed by atoms with Crippen LogP contribution in [0.5, 0.6) is 0 Å². The van der Waals surface area contributed by atoms with E-state index in [2.05, 4.69) is 0 Å². The maximum atomic E-state index is 9.00. The van der Waals surface area contributed by atoms with Crippen LogP contribution < -0.4 is 0 Å². The molecule has 0 bridgehead atoms. The Labute approximate surface area is 73.8 Å². The summed E-state index contributed by atoms with van der Waals surface area (Å²) in [5.74, 6) is 0. The summed E-state index contributed by atoms with van der Waals surface area (Å²) >= 11 is 0. The van der Waals surface area contributed by atoms with E-state index in [1.807, 2.05) is 11.9 Å². The topological polar surface area (TPSA) is 52.9 Å². The fourth-order valence-electron chi connectivity index (χ4n) is 0.929. The molecule has 0 radical (unpaired) electrons. The summed E-state index contributed by atoms with van der Waals surface area (Å²) < 4.78 is 5.06. The highest BCUT2D eigenvalue weighted by Crippen LogP contribution is 1.87. The number of hydrogen-bond acceptors (Lipinski definition) is 4. The van der Waals surface area contributed by atoms with Crippen molar-refractivity contribution in [2.45, 2.75) is 13.0 Å². The van der Waals surface area contributed by atoms with Crippen molar-refractivity contribution >= 4 is 0 Å². The van der Waals surface area contributed by atoms with Crippen molar-refractivity contribution in [3.63, 3.8) is 0 Å². The Hall–Kier alpha value is -0.160. The first kappa shape index (κ1) is 11.8. The van der Waals surface area contributed by atoms with E-state index < -0.39 is 0 Å². The number of hydrogen-bond donors (Lipinski definition) is 2. The number of rotatable bonds is 7. The molecule has 1 atom stereocenters. The molecule has 4 nitrogen and oxygen atoms in total. The van der Waals surface area contributed by atoms with Gasteiger partial charge in [0, 0.05) is 13.1 Å². The minimum atomic E-state index is -0.298. The third kappa shape index (κ3) is 7.94. The van der Waals surface area contributed by atoms with Crippen LogP contribution in [0.1, 0.15) is 6.92 Å². The summed E-state index contributed by atoms with van der Waals surface area (Å²) in [7, 11) is 1.93. The zero-order chi connectivity index (χ0) is 9.40. The number of aliphatic hydroxyl groups excluding tert-OH is 2. The summed E-state index contributed by atoms with van der Waals surface area (Å²) in [5, 5.41) is 17.4. The van der Waals surface area contributed by atoms with Crippen molar-refractivity contribution in [2.75, 3.05) is 40.0 Å². The Morgan fingerprint density at radius 1 is 1.42 bits per heavy atom. The molecular formula is C8H19NO3. The lowest BCUT2D eigenvalue weighted by atomic mass is 10.4. The van der Waals surface area contributed by atoms with Crippen LogP contribution in [0, 0.1) is 0 Å². The first-order chi connectivity index (χ1) is 5.66. The van der Waals surface area contributed by atoms with Crippen LogP contribution >= 0.6 is 0 Å². The normalized spacial score (nSPS) is 13.8. The Kier molecular flexibility index (Phi) is 7.39. The molecule has 0 saturated heterocycles. The quantitative estimate of drug-likeness (QED) is 0.505. The Balaban J connectivity index is 3.14. The molecule has 0 fully saturated rings. The standard InChI is InChI=1S/C8H19NO3/c1-8(11)7-9(2)3-5-12-6-4-10/h8,10-11H,3-7H2,1-2H3. The van der Waals surface area contributed by atoms with Gasteiger partial charge in [0.15, 0.2) is 0 Å². The zero-order valence-corrected chi connectivity index (χ0v) is 7.86. The van der Waals surface area contributed by atoms with E-state index in [-0.39, 0.29) is 12.7 Å². The smallest absolute Gasteiger partial charge is 0.0698 e. The van der Waals surface area contributed by atoms with Crippen molar-refractivity contribution in [3.05, 3.63) is 0 Å². The van der Waals surface area contributed by atoms with Crippen molar-refractivity contribution in [1.29, 1.82) is 0 Å². The largest absolute Gasteiger partial charge is 0.394 e. The van der Waals surface area contributed by atoms with E-state index >= 15 is 0 Å². The van der Waals surface area contributed by atoms with Crippen LogP contribution in [0.4, 0.5) is 0 Å². The minimum Gasteiger partial charge on any atom is -0.394 e. The number of aliphatic hydroxyl groups is 2. The van der Waals surface area contributed by atoms with Crippen LogP contribution in [0.15, 0.2) is 0 Å². The average molecular weight is 177 g/mol. The average Bonchev–Trinajstić information content (AvgIpc) is 1.97. The van der Waals surface area contributed by atoms with E-state index in [0.29, 0.717) is 19.8 Å². The lowest BCUT2D eigenvalue weighted by Gasteiger charge is -2.17. The molecular weight excluding hydrogens is 158 g/mol. The van der Waals surface area contributed by atoms with Crippen LogP contribution in [0.25, 0.3) is 0 Å². The molecule has 74 valence electrons. The van der Waals surface area contributed by atoms with Gasteiger partial charge in [-0.05, 0) is 14.0 Å². The summed E-state index contributed by atoms with van der Waals surface area (Å²) in [4.78, 5) is 1.99. The number of likely N-dealkylation sites (N-methyl/N-ethyl adjacent to an activating group) is 1. The maximum absolute atomic E-state index is 9.00. The molecule has 1 unspecified atom stereocenters. The van der Waals surface area contributed by atoms with Crippen molar-refractivity contribution in [2.24, 2.45) is 0 Å². The predicted molar refractivity (Wildman–Crippen MR) is 47.1 cm³/mol. The summed E-state index contributed by atoms with van der Waals surface area (Å²) in [5.41, 5.74) is 0. The third-order valence-corrected chi connectivity index (χ3v) is 1.43. The van der Waals surface area contributed by atoms with Crippen LogP contribution in [-0.4, -0.2) is 61.2 Å². The number of ether oxygens (including phenoxy) is 1. The summed E-state index contributed by atoms with van der Waals surface area (Å²) in [6.45, 7) is 4.25. The molecule has 0 saturated carbocycles. The molecule has 0 aromatic carbocycles. The predicted octanol–water partition coefficient (Wildman–Crippen LogP) is -0.692. The molecule has 2 N–H and O–H groups in total. The molecule has 0 spiro atoms. The SMILES string of the molecule is CC(O)CN(C)CCOCCO. The van der Waals surface area contributed by atoms with Gasteiger partial charge in [0.1, 0.15) is 0 Å². The van der Waals surface area contributed by atoms with Crippen LogP contribution in [0.2, 0.25) is 0 Å². The van der Waals surface area contributed by atoms with Crippen molar-refractivity contribution < 1.29 is 14.9 Å². The fourth-order valence-corrected chi connectivity index (χ4v) is 0.929. The summed E-state index contributed by atoms with van der Waals surface area (Å²) in [6, 6.07) is 0. The molecule has 0 aliphatic carbocycles. The van der Waals surface area contributed by atoms with Crippen molar-refractivity contribution in [3.8, 4) is 0 Å². The molecule has 0 rings (SSSR count). The molecule has 0 aromatic rings. The molecule has 0 aliphatic rings. The van der Waals surface area contributed by atoms with Gasteiger partial charge < -0.3 is 19.8 Å². The maximum Gasteiger partial charge on any atom is 0.0698 e. The van der Waals surface area contributed by atoms with Gasteiger partial charge in [-0.15, -0.1) is 0 Å². The first-order valence-corrected chi connectivity index (χ1v) is 4.22. The van der Waals surface area contributed by atoms with E-state index in [0.717, 1.165) is 6.54 Å². The Morgan fingerprint density at radius 2 is 2.08 bits per heavy atom. The highest BCUT2D eigenvalue weighted by molar-refractivity contribution is 4.54. The van der Waals surface area contributed by atoms with Crippen LogP contribution in [-0.2, 0) is 4.74 Å². The molecule has 0 heterocycles. The van der Waals surface area contributed by atoms with Gasteiger partial charge in [-0.2, -0.15) is 0 Å². The van der Waals surface area contributed by atoms with E-state index in [1.54, 1.807) is 6.92 Å². The van der Waals surface area contributed by atoms with E-state index in [9.17, 15) is 0 Å². The Morgan fingerprint density at radius 3 is 2.58 bits per heavy atom. The van der Waals surface area contributed by atoms with E-state index in [1.165, 1.54) is 0 Å². The monoisotopic (exact) mass is 177 g/mol. The molecule has 12 heavy (non-hydrogen) atoms. The van der Waals surface area contributed by atoms with Gasteiger partial charge in [0.25, 0.3) is 0 Å². The highest BCUT2D eigenvalue weighted by atomic mass is 16.5. The number of nitrogens with zero attached hydrogens (tertiary/aromatic N) is 1. The van der Waals surface area contributed by atoms with E-state index in [4.69, 9.17) is 14.9 Å². The molecule has 0 amide bonds. The molecule has 4 heteroatoms. The van der Waals surface area contributed by atoms with Gasteiger partial charge >= 0.3 is 0 Å². The van der Waals surface area contributed by atoms with Gasteiger partial charge in [0.05, 0.1) is 25.9 Å². The van der Waals surface area contributed by atoms with Gasteiger partial charge in [-0.3, -0.25) is 0 Å². The highest BCUT2D eigenvalue weighted by Gasteiger charge is 2.01. The zero-order valence-electron chi connectivity index (χ0n) is 7.86. The lowest BCUT2D eigenvalue weighted by molar-refractivity contribution is 0.0675. The minimum absolute atomic E-state index is 0.0696. The van der Waals surface area contributed by atoms with Gasteiger partial charge in [0.2, 0.25) is 0 Å². The summed E-state index contributed by atoms with van der Waals surface area (Å²) in [6.07, 6.45) is -0.298. The second kappa shape index (κ2) is 7.49. The third-order valence-electron chi connectivity index (χ3n) is 1.43. The lowest BCUT2D eigenvalue weighted by Crippen LogP contribution is -2.30. The first-order valence-electron chi connectivity index (χ1n) is 4.22. The second-order valence-corrected chi connectivity index (χ2v) is 2.95. The second-order valence-electron chi connectivity index (χ2n) is 2.95. The molecule has 0 aliphatic heterocycles. The Bertz CT molecular complexity index is 98.3. The van der Waals surface area contributed by atoms with Crippen LogP contribution in [0.3, 0.4) is 0 Å². The van der Waals surface area contributed by atoms with Gasteiger partial charge in [-0.1, -0.05) is 0 Å². The van der Waals surface area contributed by atoms with Crippen molar-refractivity contribution in [1.82, 2.24) is 4.90 Å².